The first-order valence-electron chi connectivity index (χ1n) is 5.71. The molecule has 0 aromatic heterocycles. The fraction of sp³-hybridized carbons (Fsp3) is 0.455. The second-order valence-electron chi connectivity index (χ2n) is 3.95. The number of hydrogen-bond acceptors (Lipinski definition) is 6. The van der Waals surface area contributed by atoms with E-state index in [1.807, 2.05) is 13.8 Å². The van der Waals surface area contributed by atoms with Gasteiger partial charge in [-0.05, 0) is 19.4 Å². The zero-order chi connectivity index (χ0) is 14.4. The van der Waals surface area contributed by atoms with E-state index < -0.39 is 9.85 Å². The van der Waals surface area contributed by atoms with Crippen LogP contribution >= 0.6 is 12.0 Å². The molecule has 1 aromatic rings. The summed E-state index contributed by atoms with van der Waals surface area (Å²) < 4.78 is 5.40. The lowest BCUT2D eigenvalue weighted by Gasteiger charge is -2.10. The number of benzene rings is 1. The van der Waals surface area contributed by atoms with Crippen LogP contribution in [0.3, 0.4) is 0 Å². The van der Waals surface area contributed by atoms with Gasteiger partial charge in [-0.3, -0.25) is 20.2 Å². The van der Waals surface area contributed by atoms with Gasteiger partial charge in [0, 0.05) is 18.1 Å². The van der Waals surface area contributed by atoms with E-state index in [1.54, 1.807) is 0 Å². The van der Waals surface area contributed by atoms with Crippen molar-refractivity contribution in [3.8, 4) is 0 Å². The predicted molar refractivity (Wildman–Crippen MR) is 71.1 cm³/mol. The maximum atomic E-state index is 10.9. The molecule has 104 valence electrons. The highest BCUT2D eigenvalue weighted by Gasteiger charge is 2.20. The molecule has 8 heteroatoms. The quantitative estimate of drug-likeness (QED) is 0.430. The Hall–Kier alpha value is -1.67. The van der Waals surface area contributed by atoms with Gasteiger partial charge < -0.3 is 4.18 Å². The van der Waals surface area contributed by atoms with E-state index in [0.29, 0.717) is 0 Å². The van der Waals surface area contributed by atoms with Crippen LogP contribution in [-0.2, 0) is 4.18 Å². The van der Waals surface area contributed by atoms with Crippen LogP contribution in [0.5, 0.6) is 0 Å². The van der Waals surface area contributed by atoms with Gasteiger partial charge in [0.15, 0.2) is 0 Å². The standard InChI is InChI=1S/C11H14N2O5S/c1-3-4-8(2)18-19-11-6-5-9(12(14)15)7-10(11)13(16)17/h5-8H,3-4H2,1-2H3/t8-/m0/s1. The van der Waals surface area contributed by atoms with Crippen molar-refractivity contribution in [3.63, 3.8) is 0 Å². The third-order valence-corrected chi connectivity index (χ3v) is 3.30. The second-order valence-corrected chi connectivity index (χ2v) is 4.74. The molecule has 0 heterocycles. The lowest BCUT2D eigenvalue weighted by atomic mass is 10.2. The van der Waals surface area contributed by atoms with Crippen molar-refractivity contribution in [2.45, 2.75) is 37.7 Å². The van der Waals surface area contributed by atoms with Gasteiger partial charge in [-0.2, -0.15) is 0 Å². The summed E-state index contributed by atoms with van der Waals surface area (Å²) in [5, 5.41) is 21.5. The van der Waals surface area contributed by atoms with Crippen molar-refractivity contribution >= 4 is 23.4 Å². The molecule has 0 fully saturated rings. The summed E-state index contributed by atoms with van der Waals surface area (Å²) in [4.78, 5) is 20.4. The first-order valence-corrected chi connectivity index (χ1v) is 6.46. The molecule has 0 saturated carbocycles. The Kier molecular flexibility index (Phi) is 5.71. The summed E-state index contributed by atoms with van der Waals surface area (Å²) >= 11 is 0.880. The minimum absolute atomic E-state index is 0.0372. The average molecular weight is 286 g/mol. The molecule has 0 N–H and O–H groups in total. The van der Waals surface area contributed by atoms with Crippen LogP contribution in [0, 0.1) is 20.2 Å². The highest BCUT2D eigenvalue weighted by atomic mass is 32.2. The fourth-order valence-electron chi connectivity index (χ4n) is 1.42. The highest BCUT2D eigenvalue weighted by molar-refractivity contribution is 7.94. The summed E-state index contributed by atoms with van der Waals surface area (Å²) in [7, 11) is 0. The molecule has 0 saturated heterocycles. The van der Waals surface area contributed by atoms with E-state index in [4.69, 9.17) is 4.18 Å². The predicted octanol–water partition coefficient (Wildman–Crippen LogP) is 3.72. The maximum absolute atomic E-state index is 10.9. The first kappa shape index (κ1) is 15.4. The van der Waals surface area contributed by atoms with Crippen LogP contribution in [0.15, 0.2) is 23.1 Å². The number of nitro groups is 2. The largest absolute Gasteiger partial charge is 0.307 e. The molecule has 7 nitrogen and oxygen atoms in total. The summed E-state index contributed by atoms with van der Waals surface area (Å²) in [5.41, 5.74) is -0.624. The lowest BCUT2D eigenvalue weighted by molar-refractivity contribution is -0.396. The van der Waals surface area contributed by atoms with Crippen LogP contribution in [0.25, 0.3) is 0 Å². The van der Waals surface area contributed by atoms with Gasteiger partial charge in [-0.25, -0.2) is 0 Å². The average Bonchev–Trinajstić information content (AvgIpc) is 2.36. The van der Waals surface area contributed by atoms with Crippen molar-refractivity contribution in [2.24, 2.45) is 0 Å². The van der Waals surface area contributed by atoms with Crippen LogP contribution in [0.4, 0.5) is 11.4 Å². The summed E-state index contributed by atoms with van der Waals surface area (Å²) in [6.07, 6.45) is 1.75. The molecule has 19 heavy (non-hydrogen) atoms. The van der Waals surface area contributed by atoms with Crippen molar-refractivity contribution in [1.82, 2.24) is 0 Å². The molecule has 0 spiro atoms. The van der Waals surface area contributed by atoms with E-state index in [1.165, 1.54) is 12.1 Å². The van der Waals surface area contributed by atoms with E-state index in [9.17, 15) is 20.2 Å². The van der Waals surface area contributed by atoms with Gasteiger partial charge in [0.1, 0.15) is 4.90 Å². The molecule has 0 aliphatic rings. The zero-order valence-corrected chi connectivity index (χ0v) is 11.4. The van der Waals surface area contributed by atoms with Gasteiger partial charge in [-0.1, -0.05) is 13.3 Å². The summed E-state index contributed by atoms with van der Waals surface area (Å²) in [5.74, 6) is 0. The Balaban J connectivity index is 2.88. The second kappa shape index (κ2) is 7.05. The van der Waals surface area contributed by atoms with Crippen molar-refractivity contribution < 1.29 is 14.0 Å². The molecule has 1 aromatic carbocycles. The molecule has 0 unspecified atom stereocenters. The number of hydrogen-bond donors (Lipinski definition) is 0. The molecular formula is C11H14N2O5S. The molecule has 0 radical (unpaired) electrons. The van der Waals surface area contributed by atoms with Crippen molar-refractivity contribution in [2.75, 3.05) is 0 Å². The summed E-state index contributed by atoms with van der Waals surface area (Å²) in [6.45, 7) is 3.88. The minimum atomic E-state index is -0.665. The Bertz CT molecular complexity index is 480. The minimum Gasteiger partial charge on any atom is -0.307 e. The number of nitro benzene ring substituents is 2. The third kappa shape index (κ3) is 4.49. The van der Waals surface area contributed by atoms with Gasteiger partial charge in [0.2, 0.25) is 0 Å². The monoisotopic (exact) mass is 286 g/mol. The number of non-ortho nitro benzene ring substituents is 1. The maximum Gasteiger partial charge on any atom is 0.292 e. The van der Waals surface area contributed by atoms with Gasteiger partial charge in [-0.15, -0.1) is 0 Å². The van der Waals surface area contributed by atoms with Crippen LogP contribution in [0.2, 0.25) is 0 Å². The Morgan fingerprint density at radius 1 is 1.32 bits per heavy atom. The topological polar surface area (TPSA) is 95.5 Å². The Labute approximate surface area is 114 Å². The smallest absolute Gasteiger partial charge is 0.292 e. The number of nitrogens with zero attached hydrogens (tertiary/aromatic N) is 2. The van der Waals surface area contributed by atoms with Crippen LogP contribution in [0.1, 0.15) is 26.7 Å². The molecular weight excluding hydrogens is 272 g/mol. The number of rotatable bonds is 7. The fourth-order valence-corrected chi connectivity index (χ4v) is 2.13. The van der Waals surface area contributed by atoms with E-state index in [2.05, 4.69) is 0 Å². The molecule has 0 bridgehead atoms. The molecule has 1 atom stereocenters. The van der Waals surface area contributed by atoms with Gasteiger partial charge in [0.05, 0.1) is 22.0 Å². The zero-order valence-electron chi connectivity index (χ0n) is 10.6. The van der Waals surface area contributed by atoms with Gasteiger partial charge in [0.25, 0.3) is 11.4 Å². The first-order chi connectivity index (χ1) is 8.95. The molecule has 0 amide bonds. The molecule has 1 rings (SSSR count). The van der Waals surface area contributed by atoms with Gasteiger partial charge >= 0.3 is 0 Å². The van der Waals surface area contributed by atoms with Crippen LogP contribution < -0.4 is 0 Å². The van der Waals surface area contributed by atoms with E-state index in [0.717, 1.165) is 31.0 Å². The van der Waals surface area contributed by atoms with E-state index in [-0.39, 0.29) is 22.4 Å². The summed E-state index contributed by atoms with van der Waals surface area (Å²) in [6, 6.07) is 3.50. The van der Waals surface area contributed by atoms with Crippen molar-refractivity contribution in [1.29, 1.82) is 0 Å². The lowest BCUT2D eigenvalue weighted by Crippen LogP contribution is -2.02. The molecule has 0 aliphatic carbocycles. The third-order valence-electron chi connectivity index (χ3n) is 2.35. The Morgan fingerprint density at radius 2 is 2.00 bits per heavy atom. The highest BCUT2D eigenvalue weighted by Crippen LogP contribution is 2.33. The SMILES string of the molecule is CCC[C@H](C)OSc1ccc([N+](=O)[O-])cc1[N+](=O)[O-]. The van der Waals surface area contributed by atoms with Crippen LogP contribution in [-0.4, -0.2) is 16.0 Å². The normalized spacial score (nSPS) is 12.1. The van der Waals surface area contributed by atoms with Crippen molar-refractivity contribution in [3.05, 3.63) is 38.4 Å². The van der Waals surface area contributed by atoms with E-state index >= 15 is 0 Å². The Morgan fingerprint density at radius 3 is 2.53 bits per heavy atom. The molecule has 0 aliphatic heterocycles.